The predicted octanol–water partition coefficient (Wildman–Crippen LogP) is 2.20. The summed E-state index contributed by atoms with van der Waals surface area (Å²) in [6.07, 6.45) is 3.05. The van der Waals surface area contributed by atoms with Crippen molar-refractivity contribution < 1.29 is 0 Å². The Morgan fingerprint density at radius 3 is 2.79 bits per heavy atom. The highest BCUT2D eigenvalue weighted by molar-refractivity contribution is 5.32. The second-order valence-electron chi connectivity index (χ2n) is 6.70. The van der Waals surface area contributed by atoms with Crippen LogP contribution in [0, 0.1) is 11.8 Å². The van der Waals surface area contributed by atoms with Crippen molar-refractivity contribution in [2.24, 2.45) is 17.6 Å². The highest BCUT2D eigenvalue weighted by atomic mass is 15.3. The lowest BCUT2D eigenvalue weighted by Crippen LogP contribution is -2.43. The first-order chi connectivity index (χ1) is 8.91. The molecule has 2 rings (SSSR count). The molecule has 0 radical (unpaired) electrons. The van der Waals surface area contributed by atoms with Crippen molar-refractivity contribution in [2.45, 2.75) is 39.5 Å². The molecule has 0 amide bonds. The Morgan fingerprint density at radius 2 is 2.16 bits per heavy atom. The number of piperidine rings is 1. The summed E-state index contributed by atoms with van der Waals surface area (Å²) >= 11 is 0. The van der Waals surface area contributed by atoms with E-state index >= 15 is 0 Å². The van der Waals surface area contributed by atoms with E-state index in [2.05, 4.69) is 37.6 Å². The summed E-state index contributed by atoms with van der Waals surface area (Å²) in [5.74, 6) is 2.11. The minimum absolute atomic E-state index is 0.0635. The maximum Gasteiger partial charge on any atom is 0.225 e. The number of nitrogens with zero attached hydrogens (tertiary/aromatic N) is 3. The van der Waals surface area contributed by atoms with Crippen molar-refractivity contribution in [3.63, 3.8) is 0 Å². The molecule has 2 N–H and O–H groups in total. The van der Waals surface area contributed by atoms with Gasteiger partial charge in [-0.1, -0.05) is 27.7 Å². The monoisotopic (exact) mass is 262 g/mol. The van der Waals surface area contributed by atoms with Crippen molar-refractivity contribution in [1.29, 1.82) is 0 Å². The van der Waals surface area contributed by atoms with Gasteiger partial charge in [0.2, 0.25) is 5.95 Å². The molecule has 4 heteroatoms. The zero-order valence-corrected chi connectivity index (χ0v) is 12.6. The van der Waals surface area contributed by atoms with Gasteiger partial charge in [0.15, 0.2) is 0 Å². The standard InChI is InChI=1S/C15H26N4/c1-11-6-8-19(10-12(11)9-16)14-17-7-5-13(18-14)15(2,3)4/h5,7,11-12H,6,8-10,16H2,1-4H3. The van der Waals surface area contributed by atoms with Gasteiger partial charge in [0.05, 0.1) is 5.69 Å². The molecule has 1 fully saturated rings. The van der Waals surface area contributed by atoms with Crippen molar-refractivity contribution in [2.75, 3.05) is 24.5 Å². The molecular formula is C15H26N4. The van der Waals surface area contributed by atoms with E-state index < -0.39 is 0 Å². The lowest BCUT2D eigenvalue weighted by atomic mass is 9.87. The van der Waals surface area contributed by atoms with E-state index in [0.717, 1.165) is 31.3 Å². The van der Waals surface area contributed by atoms with Crippen LogP contribution in [0.15, 0.2) is 12.3 Å². The molecule has 19 heavy (non-hydrogen) atoms. The molecule has 1 aromatic rings. The van der Waals surface area contributed by atoms with E-state index in [9.17, 15) is 0 Å². The zero-order valence-electron chi connectivity index (χ0n) is 12.6. The number of nitrogens with two attached hydrogens (primary N) is 1. The van der Waals surface area contributed by atoms with Crippen LogP contribution in [-0.4, -0.2) is 29.6 Å². The van der Waals surface area contributed by atoms with Crippen molar-refractivity contribution in [1.82, 2.24) is 9.97 Å². The first-order valence-corrected chi connectivity index (χ1v) is 7.20. The third-order valence-electron chi connectivity index (χ3n) is 4.11. The Morgan fingerprint density at radius 1 is 1.42 bits per heavy atom. The van der Waals surface area contributed by atoms with Crippen LogP contribution in [0.25, 0.3) is 0 Å². The molecule has 2 atom stereocenters. The van der Waals surface area contributed by atoms with Gasteiger partial charge in [-0.05, 0) is 30.9 Å². The molecule has 1 aromatic heterocycles. The van der Waals surface area contributed by atoms with Crippen molar-refractivity contribution in [3.05, 3.63) is 18.0 Å². The third kappa shape index (κ3) is 3.24. The van der Waals surface area contributed by atoms with Gasteiger partial charge in [-0.25, -0.2) is 9.97 Å². The molecule has 2 unspecified atom stereocenters. The molecule has 1 aliphatic rings. The van der Waals surface area contributed by atoms with E-state index in [1.807, 2.05) is 12.3 Å². The molecule has 1 saturated heterocycles. The van der Waals surface area contributed by atoms with Crippen LogP contribution in [0.5, 0.6) is 0 Å². The fraction of sp³-hybridized carbons (Fsp3) is 0.733. The molecule has 4 nitrogen and oxygen atoms in total. The van der Waals surface area contributed by atoms with Gasteiger partial charge in [-0.3, -0.25) is 0 Å². The highest BCUT2D eigenvalue weighted by Gasteiger charge is 2.27. The Kier molecular flexibility index (Phi) is 4.09. The molecule has 2 heterocycles. The summed E-state index contributed by atoms with van der Waals surface area (Å²) in [7, 11) is 0. The van der Waals surface area contributed by atoms with E-state index in [-0.39, 0.29) is 5.41 Å². The van der Waals surface area contributed by atoms with Crippen LogP contribution in [0.4, 0.5) is 5.95 Å². The fourth-order valence-corrected chi connectivity index (χ4v) is 2.56. The molecule has 0 saturated carbocycles. The van der Waals surface area contributed by atoms with Gasteiger partial charge in [0, 0.05) is 24.7 Å². The van der Waals surface area contributed by atoms with Crippen LogP contribution in [-0.2, 0) is 5.41 Å². The third-order valence-corrected chi connectivity index (χ3v) is 4.11. The Balaban J connectivity index is 2.18. The second-order valence-corrected chi connectivity index (χ2v) is 6.70. The Labute approximate surface area is 116 Å². The summed E-state index contributed by atoms with van der Waals surface area (Å²) in [5.41, 5.74) is 7.03. The normalized spacial score (nSPS) is 24.6. The molecular weight excluding hydrogens is 236 g/mol. The maximum absolute atomic E-state index is 5.87. The van der Waals surface area contributed by atoms with Crippen LogP contribution in [0.3, 0.4) is 0 Å². The fourth-order valence-electron chi connectivity index (χ4n) is 2.56. The average Bonchev–Trinajstić information content (AvgIpc) is 2.38. The summed E-state index contributed by atoms with van der Waals surface area (Å²) < 4.78 is 0. The van der Waals surface area contributed by atoms with Gasteiger partial charge in [0.25, 0.3) is 0 Å². The van der Waals surface area contributed by atoms with E-state index in [4.69, 9.17) is 10.7 Å². The number of hydrogen-bond acceptors (Lipinski definition) is 4. The first-order valence-electron chi connectivity index (χ1n) is 7.20. The molecule has 106 valence electrons. The average molecular weight is 262 g/mol. The van der Waals surface area contributed by atoms with Crippen LogP contribution in [0.1, 0.15) is 39.8 Å². The van der Waals surface area contributed by atoms with E-state index in [1.165, 1.54) is 6.42 Å². The summed E-state index contributed by atoms with van der Waals surface area (Å²) in [4.78, 5) is 11.5. The van der Waals surface area contributed by atoms with Gasteiger partial charge >= 0.3 is 0 Å². The Hall–Kier alpha value is -1.16. The van der Waals surface area contributed by atoms with Gasteiger partial charge in [-0.15, -0.1) is 0 Å². The first kappa shape index (κ1) is 14.3. The van der Waals surface area contributed by atoms with Crippen molar-refractivity contribution in [3.8, 4) is 0 Å². The summed E-state index contributed by atoms with van der Waals surface area (Å²) in [5, 5.41) is 0. The smallest absolute Gasteiger partial charge is 0.225 e. The minimum Gasteiger partial charge on any atom is -0.340 e. The number of hydrogen-bond donors (Lipinski definition) is 1. The molecule has 0 bridgehead atoms. The van der Waals surface area contributed by atoms with E-state index in [0.29, 0.717) is 11.8 Å². The SMILES string of the molecule is CC1CCN(c2nccc(C(C)(C)C)n2)CC1CN. The number of anilines is 1. The number of rotatable bonds is 2. The van der Waals surface area contributed by atoms with Crippen LogP contribution >= 0.6 is 0 Å². The second kappa shape index (κ2) is 5.45. The van der Waals surface area contributed by atoms with Gasteiger partial charge in [0.1, 0.15) is 0 Å². The van der Waals surface area contributed by atoms with E-state index in [1.54, 1.807) is 0 Å². The minimum atomic E-state index is 0.0635. The maximum atomic E-state index is 5.87. The summed E-state index contributed by atoms with van der Waals surface area (Å²) in [6.45, 7) is 11.6. The van der Waals surface area contributed by atoms with Crippen molar-refractivity contribution >= 4 is 5.95 Å². The quantitative estimate of drug-likeness (QED) is 0.887. The van der Waals surface area contributed by atoms with Gasteiger partial charge in [-0.2, -0.15) is 0 Å². The topological polar surface area (TPSA) is 55.0 Å². The summed E-state index contributed by atoms with van der Waals surface area (Å²) in [6, 6.07) is 2.01. The zero-order chi connectivity index (χ0) is 14.0. The van der Waals surface area contributed by atoms with Crippen LogP contribution in [0.2, 0.25) is 0 Å². The Bertz CT molecular complexity index is 424. The molecule has 0 spiro atoms. The lowest BCUT2D eigenvalue weighted by molar-refractivity contribution is 0.305. The van der Waals surface area contributed by atoms with Crippen LogP contribution < -0.4 is 10.6 Å². The molecule has 0 aliphatic carbocycles. The lowest BCUT2D eigenvalue weighted by Gasteiger charge is -2.36. The molecule has 1 aliphatic heterocycles. The van der Waals surface area contributed by atoms with Gasteiger partial charge < -0.3 is 10.6 Å². The predicted molar refractivity (Wildman–Crippen MR) is 79.3 cm³/mol. The molecule has 0 aromatic carbocycles. The largest absolute Gasteiger partial charge is 0.340 e. The number of aromatic nitrogens is 2. The highest BCUT2D eigenvalue weighted by Crippen LogP contribution is 2.26.